The number of carbonyl (C=O) groups excluding carboxylic acids is 2. The average Bonchev–Trinajstić information content (AvgIpc) is 2.65. The van der Waals surface area contributed by atoms with Crippen molar-refractivity contribution >= 4 is 33.7 Å². The number of esters is 2. The Hall–Kier alpha value is -3.93. The smallest absolute Gasteiger partial charge is 0.354 e. The number of aryl methyl sites for hydroxylation is 1. The van der Waals surface area contributed by atoms with Gasteiger partial charge in [0, 0.05) is 12.1 Å². The van der Waals surface area contributed by atoms with Crippen molar-refractivity contribution in [3.05, 3.63) is 55.1 Å². The topological polar surface area (TPSA) is 142 Å². The van der Waals surface area contributed by atoms with E-state index in [9.17, 15) is 24.4 Å². The van der Waals surface area contributed by atoms with Crippen LogP contribution >= 0.6 is 0 Å². The molecule has 0 radical (unpaired) electrons. The van der Waals surface area contributed by atoms with Crippen LogP contribution in [0.1, 0.15) is 32.1 Å². The SMILES string of the molecule is COC(=O)c1cc(=O)c2c(C)c3c(=O)cc(C(=O)OC)[nH]c3c(C#N)c2[nH]1. The highest BCUT2D eigenvalue weighted by atomic mass is 16.5. The fraction of sp³-hybridized carbons (Fsp3) is 0.167. The van der Waals surface area contributed by atoms with Crippen LogP contribution in [0.15, 0.2) is 21.7 Å². The Bertz CT molecular complexity index is 1200. The second-order valence-corrected chi connectivity index (χ2v) is 5.69. The molecule has 0 spiro atoms. The van der Waals surface area contributed by atoms with Crippen LogP contribution in [0.3, 0.4) is 0 Å². The Labute approximate surface area is 151 Å². The van der Waals surface area contributed by atoms with E-state index in [1.165, 1.54) is 0 Å². The summed E-state index contributed by atoms with van der Waals surface area (Å²) in [5.74, 6) is -1.57. The van der Waals surface area contributed by atoms with E-state index in [-0.39, 0.29) is 38.8 Å². The van der Waals surface area contributed by atoms with Crippen LogP contribution in [0.25, 0.3) is 21.8 Å². The zero-order valence-electron chi connectivity index (χ0n) is 14.6. The number of hydrogen-bond donors (Lipinski definition) is 2. The number of aromatic nitrogens is 2. The molecule has 0 saturated heterocycles. The number of nitrogens with one attached hydrogen (secondary N) is 2. The molecule has 3 rings (SSSR count). The molecule has 136 valence electrons. The fourth-order valence-corrected chi connectivity index (χ4v) is 3.04. The first-order chi connectivity index (χ1) is 12.8. The maximum atomic E-state index is 12.6. The summed E-state index contributed by atoms with van der Waals surface area (Å²) in [7, 11) is 2.31. The largest absolute Gasteiger partial charge is 0.464 e. The van der Waals surface area contributed by atoms with Gasteiger partial charge >= 0.3 is 11.9 Å². The number of ether oxygens (including phenoxy) is 2. The minimum absolute atomic E-state index is 0.0630. The Morgan fingerprint density at radius 2 is 1.33 bits per heavy atom. The first kappa shape index (κ1) is 17.9. The van der Waals surface area contributed by atoms with Crippen LogP contribution in [-0.2, 0) is 9.47 Å². The molecule has 0 amide bonds. The van der Waals surface area contributed by atoms with Crippen LogP contribution in [0, 0.1) is 18.3 Å². The second-order valence-electron chi connectivity index (χ2n) is 5.69. The van der Waals surface area contributed by atoms with Crippen molar-refractivity contribution in [2.45, 2.75) is 6.92 Å². The van der Waals surface area contributed by atoms with Gasteiger partial charge in [-0.2, -0.15) is 5.26 Å². The lowest BCUT2D eigenvalue weighted by Gasteiger charge is -2.12. The van der Waals surface area contributed by atoms with Gasteiger partial charge in [0.05, 0.1) is 36.0 Å². The lowest BCUT2D eigenvalue weighted by molar-refractivity contribution is 0.0586. The molecule has 0 bridgehead atoms. The molecule has 2 heterocycles. The van der Waals surface area contributed by atoms with Crippen LogP contribution in [0.4, 0.5) is 0 Å². The van der Waals surface area contributed by atoms with Crippen LogP contribution in [0.2, 0.25) is 0 Å². The number of benzene rings is 1. The molecule has 9 heteroatoms. The third-order valence-corrected chi connectivity index (χ3v) is 4.24. The molecule has 0 aliphatic carbocycles. The summed E-state index contributed by atoms with van der Waals surface area (Å²) in [6.45, 7) is 1.55. The number of nitrogens with zero attached hydrogens (tertiary/aromatic N) is 1. The molecule has 0 aliphatic heterocycles. The number of methoxy groups -OCH3 is 2. The van der Waals surface area contributed by atoms with E-state index in [0.29, 0.717) is 5.56 Å². The number of pyridine rings is 2. The molecule has 27 heavy (non-hydrogen) atoms. The quantitative estimate of drug-likeness (QED) is 0.510. The van der Waals surface area contributed by atoms with Crippen LogP contribution in [0.5, 0.6) is 0 Å². The summed E-state index contributed by atoms with van der Waals surface area (Å²) in [4.78, 5) is 54.2. The maximum Gasteiger partial charge on any atom is 0.354 e. The number of H-pyrrole nitrogens is 2. The molecule has 2 N–H and O–H groups in total. The van der Waals surface area contributed by atoms with Crippen molar-refractivity contribution in [3.8, 4) is 6.07 Å². The molecule has 9 nitrogen and oxygen atoms in total. The van der Waals surface area contributed by atoms with E-state index < -0.39 is 22.8 Å². The molecule has 3 aromatic rings. The summed E-state index contributed by atoms with van der Waals surface area (Å²) in [5, 5.41) is 9.85. The molecule has 1 aromatic carbocycles. The normalized spacial score (nSPS) is 10.6. The Morgan fingerprint density at radius 1 is 0.926 bits per heavy atom. The van der Waals surface area contributed by atoms with Gasteiger partial charge in [-0.25, -0.2) is 9.59 Å². The molecule has 2 aromatic heterocycles. The monoisotopic (exact) mass is 367 g/mol. The lowest BCUT2D eigenvalue weighted by Crippen LogP contribution is -2.17. The predicted octanol–water partition coefficient (Wildman–Crippen LogP) is 1.12. The van der Waals surface area contributed by atoms with Crippen LogP contribution in [-0.4, -0.2) is 36.1 Å². The Kier molecular flexibility index (Phi) is 4.25. The summed E-state index contributed by atoms with van der Waals surface area (Å²) >= 11 is 0. The number of fused-ring (bicyclic) bond motifs is 2. The Morgan fingerprint density at radius 3 is 1.67 bits per heavy atom. The van der Waals surface area contributed by atoms with E-state index in [4.69, 9.17) is 0 Å². The lowest BCUT2D eigenvalue weighted by atomic mass is 9.97. The van der Waals surface area contributed by atoms with Gasteiger partial charge in [0.2, 0.25) is 0 Å². The van der Waals surface area contributed by atoms with Gasteiger partial charge < -0.3 is 19.4 Å². The maximum absolute atomic E-state index is 12.6. The van der Waals surface area contributed by atoms with Crippen molar-refractivity contribution in [1.29, 1.82) is 5.26 Å². The van der Waals surface area contributed by atoms with E-state index in [1.807, 2.05) is 6.07 Å². The molecular formula is C18H13N3O6. The number of carbonyl (C=O) groups is 2. The average molecular weight is 367 g/mol. The zero-order chi connectivity index (χ0) is 19.9. The zero-order valence-corrected chi connectivity index (χ0v) is 14.6. The third kappa shape index (κ3) is 2.64. The predicted molar refractivity (Wildman–Crippen MR) is 94.8 cm³/mol. The van der Waals surface area contributed by atoms with Gasteiger partial charge in [-0.15, -0.1) is 0 Å². The van der Waals surface area contributed by atoms with Crippen LogP contribution < -0.4 is 10.9 Å². The van der Waals surface area contributed by atoms with E-state index in [1.54, 1.807) is 6.92 Å². The molecule has 0 atom stereocenters. The van der Waals surface area contributed by atoms with Crippen molar-refractivity contribution < 1.29 is 19.1 Å². The molecule has 0 fully saturated rings. The number of rotatable bonds is 2. The van der Waals surface area contributed by atoms with Crippen molar-refractivity contribution in [3.63, 3.8) is 0 Å². The van der Waals surface area contributed by atoms with Crippen molar-refractivity contribution in [2.75, 3.05) is 14.2 Å². The summed E-state index contributed by atoms with van der Waals surface area (Å²) in [6.07, 6.45) is 0. The minimum atomic E-state index is -0.785. The highest BCUT2D eigenvalue weighted by Crippen LogP contribution is 2.27. The highest BCUT2D eigenvalue weighted by Gasteiger charge is 2.21. The third-order valence-electron chi connectivity index (χ3n) is 4.24. The second kappa shape index (κ2) is 6.42. The van der Waals surface area contributed by atoms with Gasteiger partial charge in [0.1, 0.15) is 23.0 Å². The van der Waals surface area contributed by atoms with Gasteiger partial charge in [0.15, 0.2) is 10.9 Å². The first-order valence-corrected chi connectivity index (χ1v) is 7.67. The minimum Gasteiger partial charge on any atom is -0.464 e. The van der Waals surface area contributed by atoms with E-state index >= 15 is 0 Å². The van der Waals surface area contributed by atoms with Gasteiger partial charge in [-0.3, -0.25) is 9.59 Å². The van der Waals surface area contributed by atoms with Crippen molar-refractivity contribution in [2.24, 2.45) is 0 Å². The van der Waals surface area contributed by atoms with Crippen molar-refractivity contribution in [1.82, 2.24) is 9.97 Å². The summed E-state index contributed by atoms with van der Waals surface area (Å²) in [5.41, 5.74) is -1.02. The fourth-order valence-electron chi connectivity index (χ4n) is 3.04. The molecule has 0 saturated carbocycles. The number of hydrogen-bond acceptors (Lipinski definition) is 7. The highest BCUT2D eigenvalue weighted by molar-refractivity contribution is 6.06. The number of aromatic amines is 2. The molecule has 0 unspecified atom stereocenters. The Balaban J connectivity index is 2.60. The van der Waals surface area contributed by atoms with Gasteiger partial charge in [0.25, 0.3) is 0 Å². The summed E-state index contributed by atoms with van der Waals surface area (Å²) in [6, 6.07) is 4.01. The standard InChI is InChI=1S/C18H13N3O6/c1-7-13-11(22)4-9(17(24)26-2)20-15(13)8(6-19)16-14(7)12(23)5-10(21-16)18(25)27-3/h4-5H,1-3H3,(H,20,22)(H,21,23). The molecule has 0 aliphatic rings. The van der Waals surface area contributed by atoms with E-state index in [2.05, 4.69) is 19.4 Å². The van der Waals surface area contributed by atoms with Gasteiger partial charge in [-0.1, -0.05) is 0 Å². The first-order valence-electron chi connectivity index (χ1n) is 7.67. The van der Waals surface area contributed by atoms with Gasteiger partial charge in [-0.05, 0) is 12.5 Å². The van der Waals surface area contributed by atoms with E-state index in [0.717, 1.165) is 26.4 Å². The molecular weight excluding hydrogens is 354 g/mol. The number of nitriles is 1. The summed E-state index contributed by atoms with van der Waals surface area (Å²) < 4.78 is 9.21.